The zero-order valence-electron chi connectivity index (χ0n) is 8.68. The van der Waals surface area contributed by atoms with E-state index in [4.69, 9.17) is 10.8 Å². The van der Waals surface area contributed by atoms with Crippen LogP contribution in [0.5, 0.6) is 0 Å². The van der Waals surface area contributed by atoms with Crippen LogP contribution in [0.25, 0.3) is 0 Å². The van der Waals surface area contributed by atoms with Crippen LogP contribution in [0, 0.1) is 0 Å². The zero-order valence-corrected chi connectivity index (χ0v) is 8.68. The summed E-state index contributed by atoms with van der Waals surface area (Å²) in [6.07, 6.45) is 0.407. The Hall–Kier alpha value is -1.55. The molecule has 0 amide bonds. The van der Waals surface area contributed by atoms with E-state index in [-0.39, 0.29) is 6.04 Å². The van der Waals surface area contributed by atoms with Crippen LogP contribution in [0.15, 0.2) is 30.3 Å². The number of para-hydroxylation sites is 1. The molecule has 0 aliphatic rings. The predicted octanol–water partition coefficient (Wildman–Crippen LogP) is 1.29. The predicted molar refractivity (Wildman–Crippen MR) is 59.8 cm³/mol. The number of hydrogen-bond donors (Lipinski definition) is 3. The second-order valence-electron chi connectivity index (χ2n) is 3.59. The average molecular weight is 208 g/mol. The SMILES string of the molecule is CC(CC(N)C(=O)O)Nc1ccccc1. The lowest BCUT2D eigenvalue weighted by atomic mass is 10.1. The van der Waals surface area contributed by atoms with Crippen LogP contribution in [-0.2, 0) is 4.79 Å². The van der Waals surface area contributed by atoms with Gasteiger partial charge in [-0.1, -0.05) is 18.2 Å². The molecule has 0 aliphatic heterocycles. The first kappa shape index (κ1) is 11.5. The van der Waals surface area contributed by atoms with Crippen LogP contribution in [0.3, 0.4) is 0 Å². The minimum absolute atomic E-state index is 0.0403. The first-order valence-electron chi connectivity index (χ1n) is 4.89. The van der Waals surface area contributed by atoms with Gasteiger partial charge in [-0.25, -0.2) is 0 Å². The fourth-order valence-corrected chi connectivity index (χ4v) is 1.36. The van der Waals surface area contributed by atoms with Crippen molar-refractivity contribution in [3.63, 3.8) is 0 Å². The van der Waals surface area contributed by atoms with Crippen molar-refractivity contribution in [1.29, 1.82) is 0 Å². The molecule has 2 unspecified atom stereocenters. The van der Waals surface area contributed by atoms with Crippen molar-refractivity contribution in [2.75, 3.05) is 5.32 Å². The van der Waals surface area contributed by atoms with Crippen LogP contribution in [0.4, 0.5) is 5.69 Å². The van der Waals surface area contributed by atoms with Crippen molar-refractivity contribution in [3.8, 4) is 0 Å². The van der Waals surface area contributed by atoms with Crippen LogP contribution >= 0.6 is 0 Å². The molecule has 1 rings (SSSR count). The maximum absolute atomic E-state index is 10.5. The summed E-state index contributed by atoms with van der Waals surface area (Å²) in [6, 6.07) is 8.87. The molecule has 0 bridgehead atoms. The van der Waals surface area contributed by atoms with Gasteiger partial charge in [-0.2, -0.15) is 0 Å². The summed E-state index contributed by atoms with van der Waals surface area (Å²) >= 11 is 0. The zero-order chi connectivity index (χ0) is 11.3. The standard InChI is InChI=1S/C11H16N2O2/c1-8(7-10(12)11(14)15)13-9-5-3-2-4-6-9/h2-6,8,10,13H,7,12H2,1H3,(H,14,15). The summed E-state index contributed by atoms with van der Waals surface area (Å²) in [5.41, 5.74) is 6.41. The minimum atomic E-state index is -0.961. The molecular weight excluding hydrogens is 192 g/mol. The normalized spacial score (nSPS) is 14.3. The number of carboxylic acids is 1. The van der Waals surface area contributed by atoms with Gasteiger partial charge in [-0.15, -0.1) is 0 Å². The number of hydrogen-bond acceptors (Lipinski definition) is 3. The molecule has 0 fully saturated rings. The fraction of sp³-hybridized carbons (Fsp3) is 0.364. The smallest absolute Gasteiger partial charge is 0.320 e. The van der Waals surface area contributed by atoms with E-state index in [2.05, 4.69) is 5.32 Å². The summed E-state index contributed by atoms with van der Waals surface area (Å²) in [5, 5.41) is 11.8. The molecule has 4 nitrogen and oxygen atoms in total. The van der Waals surface area contributed by atoms with E-state index in [0.29, 0.717) is 6.42 Å². The Balaban J connectivity index is 2.43. The lowest BCUT2D eigenvalue weighted by Crippen LogP contribution is -2.35. The van der Waals surface area contributed by atoms with E-state index in [1.807, 2.05) is 37.3 Å². The molecular formula is C11H16N2O2. The molecule has 0 aromatic heterocycles. The first-order chi connectivity index (χ1) is 7.09. The highest BCUT2D eigenvalue weighted by atomic mass is 16.4. The van der Waals surface area contributed by atoms with Crippen molar-refractivity contribution in [2.45, 2.75) is 25.4 Å². The second-order valence-corrected chi connectivity index (χ2v) is 3.59. The molecule has 82 valence electrons. The molecule has 15 heavy (non-hydrogen) atoms. The number of carbonyl (C=O) groups is 1. The van der Waals surface area contributed by atoms with Gasteiger partial charge in [0, 0.05) is 11.7 Å². The Morgan fingerprint density at radius 3 is 2.60 bits per heavy atom. The molecule has 0 aliphatic carbocycles. The highest BCUT2D eigenvalue weighted by molar-refractivity contribution is 5.73. The number of benzene rings is 1. The Bertz CT molecular complexity index is 314. The third-order valence-electron chi connectivity index (χ3n) is 2.11. The fourth-order valence-electron chi connectivity index (χ4n) is 1.36. The maximum Gasteiger partial charge on any atom is 0.320 e. The van der Waals surface area contributed by atoms with Crippen LogP contribution in [0.1, 0.15) is 13.3 Å². The number of nitrogens with two attached hydrogens (primary N) is 1. The van der Waals surface area contributed by atoms with Gasteiger partial charge in [0.25, 0.3) is 0 Å². The number of rotatable bonds is 5. The van der Waals surface area contributed by atoms with Gasteiger partial charge in [0.1, 0.15) is 6.04 Å². The van der Waals surface area contributed by atoms with E-state index in [9.17, 15) is 4.79 Å². The largest absolute Gasteiger partial charge is 0.480 e. The lowest BCUT2D eigenvalue weighted by molar-refractivity contribution is -0.138. The molecule has 1 aromatic rings. The van der Waals surface area contributed by atoms with Crippen LogP contribution < -0.4 is 11.1 Å². The van der Waals surface area contributed by atoms with Gasteiger partial charge in [0.2, 0.25) is 0 Å². The second kappa shape index (κ2) is 5.36. The Morgan fingerprint density at radius 2 is 2.07 bits per heavy atom. The van der Waals surface area contributed by atoms with Crippen LogP contribution in [0.2, 0.25) is 0 Å². The van der Waals surface area contributed by atoms with Crippen molar-refractivity contribution in [1.82, 2.24) is 0 Å². The first-order valence-corrected chi connectivity index (χ1v) is 4.89. The minimum Gasteiger partial charge on any atom is -0.480 e. The van der Waals surface area contributed by atoms with E-state index in [1.165, 1.54) is 0 Å². The summed E-state index contributed by atoms with van der Waals surface area (Å²) in [5.74, 6) is -0.961. The molecule has 0 radical (unpaired) electrons. The van der Waals surface area contributed by atoms with Gasteiger partial charge in [-0.05, 0) is 25.5 Å². The van der Waals surface area contributed by atoms with E-state index >= 15 is 0 Å². The Kier molecular flexibility index (Phi) is 4.12. The Labute approximate surface area is 89.1 Å². The molecule has 4 N–H and O–H groups in total. The van der Waals surface area contributed by atoms with Crippen molar-refractivity contribution in [2.24, 2.45) is 5.73 Å². The summed E-state index contributed by atoms with van der Waals surface area (Å²) in [6.45, 7) is 1.91. The van der Waals surface area contributed by atoms with Gasteiger partial charge < -0.3 is 16.2 Å². The van der Waals surface area contributed by atoms with Gasteiger partial charge in [0.15, 0.2) is 0 Å². The van der Waals surface area contributed by atoms with Gasteiger partial charge in [-0.3, -0.25) is 4.79 Å². The van der Waals surface area contributed by atoms with E-state index < -0.39 is 12.0 Å². The lowest BCUT2D eigenvalue weighted by Gasteiger charge is -2.17. The summed E-state index contributed by atoms with van der Waals surface area (Å²) in [4.78, 5) is 10.5. The molecule has 0 heterocycles. The molecule has 0 saturated carbocycles. The highest BCUT2D eigenvalue weighted by Gasteiger charge is 2.15. The monoisotopic (exact) mass is 208 g/mol. The van der Waals surface area contributed by atoms with Crippen molar-refractivity contribution < 1.29 is 9.90 Å². The molecule has 0 saturated heterocycles. The summed E-state index contributed by atoms with van der Waals surface area (Å²) in [7, 11) is 0. The molecule has 1 aromatic carbocycles. The topological polar surface area (TPSA) is 75.4 Å². The highest BCUT2D eigenvalue weighted by Crippen LogP contribution is 2.09. The molecule has 4 heteroatoms. The van der Waals surface area contributed by atoms with E-state index in [0.717, 1.165) is 5.69 Å². The number of carboxylic acid groups (broad SMARTS) is 1. The van der Waals surface area contributed by atoms with Crippen LogP contribution in [-0.4, -0.2) is 23.2 Å². The quantitative estimate of drug-likeness (QED) is 0.681. The Morgan fingerprint density at radius 1 is 1.47 bits per heavy atom. The number of nitrogens with one attached hydrogen (secondary N) is 1. The molecule has 0 spiro atoms. The van der Waals surface area contributed by atoms with E-state index in [1.54, 1.807) is 0 Å². The average Bonchev–Trinajstić information content (AvgIpc) is 2.18. The van der Waals surface area contributed by atoms with Gasteiger partial charge >= 0.3 is 5.97 Å². The third kappa shape index (κ3) is 3.99. The maximum atomic E-state index is 10.5. The molecule has 2 atom stereocenters. The third-order valence-corrected chi connectivity index (χ3v) is 2.11. The summed E-state index contributed by atoms with van der Waals surface area (Å²) < 4.78 is 0. The number of aliphatic carboxylic acids is 1. The number of anilines is 1. The van der Waals surface area contributed by atoms with Crippen molar-refractivity contribution >= 4 is 11.7 Å². The van der Waals surface area contributed by atoms with Gasteiger partial charge in [0.05, 0.1) is 0 Å². The van der Waals surface area contributed by atoms with Crippen molar-refractivity contribution in [3.05, 3.63) is 30.3 Å².